The van der Waals surface area contributed by atoms with E-state index in [2.05, 4.69) is 11.4 Å². The summed E-state index contributed by atoms with van der Waals surface area (Å²) in [6, 6.07) is 6.04. The van der Waals surface area contributed by atoms with Crippen molar-refractivity contribution in [3.8, 4) is 5.75 Å². The third-order valence-electron chi connectivity index (χ3n) is 2.93. The highest BCUT2D eigenvalue weighted by Crippen LogP contribution is 2.19. The number of aliphatic carboxylic acids is 1. The molecule has 0 spiro atoms. The van der Waals surface area contributed by atoms with Gasteiger partial charge >= 0.3 is 5.97 Å². The molecule has 0 radical (unpaired) electrons. The summed E-state index contributed by atoms with van der Waals surface area (Å²) in [7, 11) is 1.65. The number of rotatable bonds is 7. The molecule has 1 aromatic rings. The average Bonchev–Trinajstić information content (AvgIpc) is 2.34. The molecule has 0 bridgehead atoms. The lowest BCUT2D eigenvalue weighted by Crippen LogP contribution is -2.20. The van der Waals surface area contributed by atoms with Gasteiger partial charge in [0.05, 0.1) is 13.0 Å². The topological polar surface area (TPSA) is 58.6 Å². The largest absolute Gasteiger partial charge is 0.496 e. The van der Waals surface area contributed by atoms with Crippen LogP contribution in [0.2, 0.25) is 0 Å². The van der Waals surface area contributed by atoms with E-state index in [-0.39, 0.29) is 5.92 Å². The molecule has 100 valence electrons. The monoisotopic (exact) mass is 251 g/mol. The molecule has 2 N–H and O–H groups in total. The number of carboxylic acids is 1. The first kappa shape index (κ1) is 14.5. The summed E-state index contributed by atoms with van der Waals surface area (Å²) in [5, 5.41) is 12.0. The van der Waals surface area contributed by atoms with Gasteiger partial charge in [0.25, 0.3) is 0 Å². The van der Waals surface area contributed by atoms with E-state index in [1.807, 2.05) is 19.1 Å². The molecule has 0 aliphatic carbocycles. The van der Waals surface area contributed by atoms with Gasteiger partial charge < -0.3 is 15.2 Å². The van der Waals surface area contributed by atoms with Gasteiger partial charge in [-0.25, -0.2) is 0 Å². The Hall–Kier alpha value is -1.55. The molecule has 0 fully saturated rings. The summed E-state index contributed by atoms with van der Waals surface area (Å²) in [4.78, 5) is 10.7. The lowest BCUT2D eigenvalue weighted by molar-refractivity contribution is -0.141. The van der Waals surface area contributed by atoms with Crippen LogP contribution in [0.15, 0.2) is 18.2 Å². The Labute approximate surface area is 108 Å². The Morgan fingerprint density at radius 3 is 2.83 bits per heavy atom. The Balaban J connectivity index is 2.43. The third-order valence-corrected chi connectivity index (χ3v) is 2.93. The zero-order valence-corrected chi connectivity index (χ0v) is 11.2. The van der Waals surface area contributed by atoms with Crippen molar-refractivity contribution in [1.29, 1.82) is 0 Å². The lowest BCUT2D eigenvalue weighted by Gasteiger charge is -2.11. The standard InChI is InChI=1S/C14H21NO3/c1-10-4-5-13(18-3)12(8-10)9-15-7-6-11(2)14(16)17/h4-5,8,11,15H,6-7,9H2,1-3H3,(H,16,17). The number of methoxy groups -OCH3 is 1. The van der Waals surface area contributed by atoms with Crippen LogP contribution >= 0.6 is 0 Å². The normalized spacial score (nSPS) is 12.2. The Bertz CT molecular complexity index is 404. The summed E-state index contributed by atoms with van der Waals surface area (Å²) >= 11 is 0. The van der Waals surface area contributed by atoms with Gasteiger partial charge in [-0.1, -0.05) is 24.6 Å². The maximum atomic E-state index is 10.7. The van der Waals surface area contributed by atoms with Crippen LogP contribution in [0.1, 0.15) is 24.5 Å². The number of nitrogens with one attached hydrogen (secondary N) is 1. The number of hydrogen-bond acceptors (Lipinski definition) is 3. The zero-order valence-electron chi connectivity index (χ0n) is 11.2. The molecular formula is C14H21NO3. The van der Waals surface area contributed by atoms with E-state index in [0.29, 0.717) is 19.5 Å². The lowest BCUT2D eigenvalue weighted by atomic mass is 10.1. The molecule has 1 aromatic carbocycles. The highest BCUT2D eigenvalue weighted by atomic mass is 16.5. The van der Waals surface area contributed by atoms with Crippen molar-refractivity contribution in [3.63, 3.8) is 0 Å². The van der Waals surface area contributed by atoms with Crippen molar-refractivity contribution in [2.24, 2.45) is 5.92 Å². The smallest absolute Gasteiger partial charge is 0.306 e. The number of benzene rings is 1. The Morgan fingerprint density at radius 1 is 1.50 bits per heavy atom. The number of hydrogen-bond donors (Lipinski definition) is 2. The fourth-order valence-corrected chi connectivity index (χ4v) is 1.71. The molecular weight excluding hydrogens is 230 g/mol. The second-order valence-electron chi connectivity index (χ2n) is 4.52. The van der Waals surface area contributed by atoms with Gasteiger partial charge in [0, 0.05) is 12.1 Å². The molecule has 4 heteroatoms. The van der Waals surface area contributed by atoms with E-state index in [1.54, 1.807) is 14.0 Å². The molecule has 0 amide bonds. The van der Waals surface area contributed by atoms with Crippen LogP contribution in [0.3, 0.4) is 0 Å². The number of ether oxygens (including phenoxy) is 1. The number of carbonyl (C=O) groups is 1. The first-order valence-corrected chi connectivity index (χ1v) is 6.11. The van der Waals surface area contributed by atoms with Gasteiger partial charge in [0.15, 0.2) is 0 Å². The zero-order chi connectivity index (χ0) is 13.5. The Morgan fingerprint density at radius 2 is 2.22 bits per heavy atom. The molecule has 0 saturated carbocycles. The molecule has 4 nitrogen and oxygen atoms in total. The van der Waals surface area contributed by atoms with Crippen LogP contribution in [0.25, 0.3) is 0 Å². The summed E-state index contributed by atoms with van der Waals surface area (Å²) in [6.07, 6.45) is 0.628. The van der Waals surface area contributed by atoms with Crippen molar-refractivity contribution in [2.45, 2.75) is 26.8 Å². The van der Waals surface area contributed by atoms with Crippen molar-refractivity contribution >= 4 is 5.97 Å². The van der Waals surface area contributed by atoms with Gasteiger partial charge in [0.1, 0.15) is 5.75 Å². The number of aryl methyl sites for hydroxylation is 1. The minimum atomic E-state index is -0.745. The molecule has 0 saturated heterocycles. The van der Waals surface area contributed by atoms with Gasteiger partial charge in [-0.15, -0.1) is 0 Å². The second-order valence-corrected chi connectivity index (χ2v) is 4.52. The maximum Gasteiger partial charge on any atom is 0.306 e. The molecule has 1 unspecified atom stereocenters. The SMILES string of the molecule is COc1ccc(C)cc1CNCCC(C)C(=O)O. The average molecular weight is 251 g/mol. The third kappa shape index (κ3) is 4.37. The van der Waals surface area contributed by atoms with E-state index in [1.165, 1.54) is 5.56 Å². The fraction of sp³-hybridized carbons (Fsp3) is 0.500. The van der Waals surface area contributed by atoms with Gasteiger partial charge in [0.2, 0.25) is 0 Å². The fourth-order valence-electron chi connectivity index (χ4n) is 1.71. The summed E-state index contributed by atoms with van der Waals surface area (Å²) in [5.41, 5.74) is 2.28. The highest BCUT2D eigenvalue weighted by molar-refractivity contribution is 5.69. The van der Waals surface area contributed by atoms with Crippen molar-refractivity contribution < 1.29 is 14.6 Å². The van der Waals surface area contributed by atoms with Crippen molar-refractivity contribution in [2.75, 3.05) is 13.7 Å². The van der Waals surface area contributed by atoms with E-state index in [4.69, 9.17) is 9.84 Å². The Kier molecular flexibility index (Phi) is 5.65. The number of carboxylic acid groups (broad SMARTS) is 1. The molecule has 0 heterocycles. The summed E-state index contributed by atoms with van der Waals surface area (Å²) in [5.74, 6) is -0.193. The molecule has 0 aromatic heterocycles. The van der Waals surface area contributed by atoms with E-state index < -0.39 is 5.97 Å². The van der Waals surface area contributed by atoms with Crippen molar-refractivity contribution in [1.82, 2.24) is 5.32 Å². The van der Waals surface area contributed by atoms with Crippen LogP contribution in [-0.4, -0.2) is 24.7 Å². The predicted octanol–water partition coefficient (Wildman–Crippen LogP) is 2.20. The predicted molar refractivity (Wildman–Crippen MR) is 70.9 cm³/mol. The molecule has 18 heavy (non-hydrogen) atoms. The molecule has 1 atom stereocenters. The van der Waals surface area contributed by atoms with Gasteiger partial charge in [-0.05, 0) is 26.0 Å². The summed E-state index contributed by atoms with van der Waals surface area (Å²) < 4.78 is 5.28. The first-order valence-electron chi connectivity index (χ1n) is 6.11. The van der Waals surface area contributed by atoms with Crippen molar-refractivity contribution in [3.05, 3.63) is 29.3 Å². The highest BCUT2D eigenvalue weighted by Gasteiger charge is 2.10. The van der Waals surface area contributed by atoms with E-state index >= 15 is 0 Å². The van der Waals surface area contributed by atoms with Crippen LogP contribution in [0.4, 0.5) is 0 Å². The summed E-state index contributed by atoms with van der Waals surface area (Å²) in [6.45, 7) is 5.13. The van der Waals surface area contributed by atoms with Crippen LogP contribution < -0.4 is 10.1 Å². The van der Waals surface area contributed by atoms with E-state index in [9.17, 15) is 4.79 Å². The van der Waals surface area contributed by atoms with Crippen LogP contribution in [0.5, 0.6) is 5.75 Å². The van der Waals surface area contributed by atoms with E-state index in [0.717, 1.165) is 11.3 Å². The van der Waals surface area contributed by atoms with Crippen LogP contribution in [-0.2, 0) is 11.3 Å². The minimum absolute atomic E-state index is 0.308. The first-order chi connectivity index (χ1) is 8.54. The van der Waals surface area contributed by atoms with Crippen LogP contribution in [0, 0.1) is 12.8 Å². The maximum absolute atomic E-state index is 10.7. The van der Waals surface area contributed by atoms with Gasteiger partial charge in [-0.2, -0.15) is 0 Å². The minimum Gasteiger partial charge on any atom is -0.496 e. The molecule has 0 aliphatic heterocycles. The van der Waals surface area contributed by atoms with Gasteiger partial charge in [-0.3, -0.25) is 4.79 Å². The quantitative estimate of drug-likeness (QED) is 0.729. The molecule has 0 aliphatic rings. The molecule has 1 rings (SSSR count). The second kappa shape index (κ2) is 7.01.